The maximum absolute atomic E-state index is 13.5. The fourth-order valence-electron chi connectivity index (χ4n) is 1.65. The van der Waals surface area contributed by atoms with Crippen molar-refractivity contribution in [2.45, 2.75) is 6.42 Å². The highest BCUT2D eigenvalue weighted by Gasteiger charge is 2.15. The van der Waals surface area contributed by atoms with Crippen LogP contribution < -0.4 is 10.5 Å². The van der Waals surface area contributed by atoms with Crippen LogP contribution in [0.2, 0.25) is 0 Å². The molecular weight excluding hydrogens is 300 g/mol. The molecule has 0 aliphatic carbocycles. The summed E-state index contributed by atoms with van der Waals surface area (Å²) in [5.74, 6) is -2.24. The van der Waals surface area contributed by atoms with Crippen molar-refractivity contribution in [3.63, 3.8) is 0 Å². The van der Waals surface area contributed by atoms with E-state index >= 15 is 0 Å². The zero-order chi connectivity index (χ0) is 15.5. The van der Waals surface area contributed by atoms with E-state index < -0.39 is 21.7 Å². The van der Waals surface area contributed by atoms with Gasteiger partial charge in [-0.1, -0.05) is 6.07 Å². The first-order valence-electron chi connectivity index (χ1n) is 6.02. The number of halogens is 2. The molecule has 0 atom stereocenters. The summed E-state index contributed by atoms with van der Waals surface area (Å²) in [5.41, 5.74) is 5.17. The molecule has 112 valence electrons. The summed E-state index contributed by atoms with van der Waals surface area (Å²) in [6.45, 7) is 0. The molecule has 1 aromatic carbocycles. The number of aryl methyl sites for hydroxylation is 1. The van der Waals surface area contributed by atoms with E-state index in [1.54, 1.807) is 24.4 Å². The second kappa shape index (κ2) is 6.04. The lowest BCUT2D eigenvalue weighted by Crippen LogP contribution is -2.19. The van der Waals surface area contributed by atoms with Gasteiger partial charge in [0.15, 0.2) is 0 Å². The Morgan fingerprint density at radius 2 is 1.95 bits per heavy atom. The third kappa shape index (κ3) is 4.12. The van der Waals surface area contributed by atoms with Crippen LogP contribution in [0.5, 0.6) is 0 Å². The van der Waals surface area contributed by atoms with Crippen LogP contribution in [0.1, 0.15) is 5.69 Å². The van der Waals surface area contributed by atoms with Crippen LogP contribution in [-0.2, 0) is 16.4 Å². The van der Waals surface area contributed by atoms with Crippen molar-refractivity contribution in [1.29, 1.82) is 0 Å². The fourth-order valence-corrected chi connectivity index (χ4v) is 2.72. The van der Waals surface area contributed by atoms with E-state index in [-0.39, 0.29) is 23.5 Å². The van der Waals surface area contributed by atoms with E-state index in [1.165, 1.54) is 0 Å². The van der Waals surface area contributed by atoms with Crippen LogP contribution in [0, 0.1) is 11.6 Å². The van der Waals surface area contributed by atoms with Crippen molar-refractivity contribution in [3.05, 3.63) is 53.9 Å². The number of hydrogen-bond donors (Lipinski definition) is 2. The van der Waals surface area contributed by atoms with Crippen LogP contribution in [0.3, 0.4) is 0 Å². The van der Waals surface area contributed by atoms with Gasteiger partial charge in [0.25, 0.3) is 0 Å². The predicted molar refractivity (Wildman–Crippen MR) is 76.1 cm³/mol. The molecular formula is C13H13F2N3O2S. The second-order valence-electron chi connectivity index (χ2n) is 4.35. The Morgan fingerprint density at radius 3 is 2.62 bits per heavy atom. The maximum Gasteiger partial charge on any atom is 0.233 e. The third-order valence-electron chi connectivity index (χ3n) is 2.70. The molecule has 1 aromatic heterocycles. The SMILES string of the molecule is Nc1cc(NS(=O)(=O)CCc2ccccn2)c(F)cc1F. The molecule has 0 saturated heterocycles. The normalized spacial score (nSPS) is 11.3. The quantitative estimate of drug-likeness (QED) is 0.826. The van der Waals surface area contributed by atoms with Gasteiger partial charge in [0.1, 0.15) is 11.6 Å². The topological polar surface area (TPSA) is 85.1 Å². The van der Waals surface area contributed by atoms with Gasteiger partial charge in [-0.3, -0.25) is 9.71 Å². The monoisotopic (exact) mass is 313 g/mol. The lowest BCUT2D eigenvalue weighted by molar-refractivity contribution is 0.585. The number of benzene rings is 1. The Morgan fingerprint density at radius 1 is 1.19 bits per heavy atom. The number of nitrogens with zero attached hydrogens (tertiary/aromatic N) is 1. The van der Waals surface area contributed by atoms with Gasteiger partial charge in [0, 0.05) is 24.4 Å². The van der Waals surface area contributed by atoms with E-state index in [0.29, 0.717) is 11.8 Å². The minimum Gasteiger partial charge on any atom is -0.396 e. The smallest absolute Gasteiger partial charge is 0.233 e. The molecule has 0 bridgehead atoms. The molecule has 21 heavy (non-hydrogen) atoms. The highest BCUT2D eigenvalue weighted by atomic mass is 32.2. The van der Waals surface area contributed by atoms with E-state index in [2.05, 4.69) is 4.98 Å². The van der Waals surface area contributed by atoms with Gasteiger partial charge >= 0.3 is 0 Å². The molecule has 0 fully saturated rings. The molecule has 0 spiro atoms. The van der Waals surface area contributed by atoms with Crippen LogP contribution in [0.25, 0.3) is 0 Å². The minimum absolute atomic E-state index is 0.175. The van der Waals surface area contributed by atoms with Crippen LogP contribution >= 0.6 is 0 Å². The Hall–Kier alpha value is -2.22. The number of aromatic nitrogens is 1. The fraction of sp³-hybridized carbons (Fsp3) is 0.154. The molecule has 0 aliphatic heterocycles. The highest BCUT2D eigenvalue weighted by molar-refractivity contribution is 7.92. The van der Waals surface area contributed by atoms with E-state index in [1.807, 2.05) is 4.72 Å². The molecule has 2 rings (SSSR count). The number of nitrogen functional groups attached to an aromatic ring is 1. The molecule has 0 saturated carbocycles. The summed E-state index contributed by atoms with van der Waals surface area (Å²) < 4.78 is 52.3. The van der Waals surface area contributed by atoms with Crippen LogP contribution in [0.4, 0.5) is 20.2 Å². The number of hydrogen-bond acceptors (Lipinski definition) is 4. The average molecular weight is 313 g/mol. The molecule has 8 heteroatoms. The summed E-state index contributed by atoms with van der Waals surface area (Å²) in [6.07, 6.45) is 1.73. The Bertz CT molecular complexity index is 737. The first-order chi connectivity index (χ1) is 9.87. The second-order valence-corrected chi connectivity index (χ2v) is 6.19. The number of anilines is 2. The predicted octanol–water partition coefficient (Wildman–Crippen LogP) is 1.93. The zero-order valence-corrected chi connectivity index (χ0v) is 11.7. The number of pyridine rings is 1. The number of sulfonamides is 1. The van der Waals surface area contributed by atoms with Crippen molar-refractivity contribution >= 4 is 21.4 Å². The average Bonchev–Trinajstić information content (AvgIpc) is 2.44. The molecule has 3 N–H and O–H groups in total. The number of rotatable bonds is 5. The van der Waals surface area contributed by atoms with Gasteiger partial charge in [-0.05, 0) is 18.2 Å². The highest BCUT2D eigenvalue weighted by Crippen LogP contribution is 2.22. The Kier molecular flexibility index (Phi) is 4.37. The molecule has 0 radical (unpaired) electrons. The first kappa shape index (κ1) is 15.2. The maximum atomic E-state index is 13.5. The van der Waals surface area contributed by atoms with Crippen molar-refractivity contribution in [2.75, 3.05) is 16.2 Å². The van der Waals surface area contributed by atoms with Crippen molar-refractivity contribution in [1.82, 2.24) is 4.98 Å². The van der Waals surface area contributed by atoms with Gasteiger partial charge < -0.3 is 5.73 Å². The van der Waals surface area contributed by atoms with Crippen LogP contribution in [0.15, 0.2) is 36.5 Å². The van der Waals surface area contributed by atoms with Crippen LogP contribution in [-0.4, -0.2) is 19.2 Å². The Balaban J connectivity index is 2.09. The third-order valence-corrected chi connectivity index (χ3v) is 3.98. The van der Waals surface area contributed by atoms with Crippen molar-refractivity contribution < 1.29 is 17.2 Å². The summed E-state index contributed by atoms with van der Waals surface area (Å²) in [6, 6.07) is 6.58. The molecule has 2 aromatic rings. The zero-order valence-electron chi connectivity index (χ0n) is 10.9. The lowest BCUT2D eigenvalue weighted by Gasteiger charge is -2.10. The van der Waals surface area contributed by atoms with Gasteiger partial charge in [0.05, 0.1) is 17.1 Å². The van der Waals surface area contributed by atoms with E-state index in [4.69, 9.17) is 5.73 Å². The largest absolute Gasteiger partial charge is 0.396 e. The van der Waals surface area contributed by atoms with Gasteiger partial charge in [-0.2, -0.15) is 0 Å². The summed E-state index contributed by atoms with van der Waals surface area (Å²) in [7, 11) is -3.79. The van der Waals surface area contributed by atoms with Gasteiger partial charge in [0.2, 0.25) is 10.0 Å². The van der Waals surface area contributed by atoms with E-state index in [0.717, 1.165) is 6.07 Å². The molecule has 0 amide bonds. The van der Waals surface area contributed by atoms with E-state index in [9.17, 15) is 17.2 Å². The summed E-state index contributed by atoms with van der Waals surface area (Å²) >= 11 is 0. The summed E-state index contributed by atoms with van der Waals surface area (Å²) in [4.78, 5) is 4.00. The lowest BCUT2D eigenvalue weighted by atomic mass is 10.2. The molecule has 0 aliphatic rings. The van der Waals surface area contributed by atoms with Crippen molar-refractivity contribution in [3.8, 4) is 0 Å². The molecule has 5 nitrogen and oxygen atoms in total. The standard InChI is InChI=1S/C13H13F2N3O2S/c14-10-7-11(15)13(8-12(10)16)18-21(19,20)6-4-9-3-1-2-5-17-9/h1-3,5,7-8,18H,4,6,16H2. The number of nitrogens with two attached hydrogens (primary N) is 1. The molecule has 0 unspecified atom stereocenters. The Labute approximate surface area is 120 Å². The number of nitrogens with one attached hydrogen (secondary N) is 1. The van der Waals surface area contributed by atoms with Crippen molar-refractivity contribution in [2.24, 2.45) is 0 Å². The summed E-state index contributed by atoms with van der Waals surface area (Å²) in [5, 5.41) is 0. The van der Waals surface area contributed by atoms with Gasteiger partial charge in [-0.25, -0.2) is 17.2 Å². The van der Waals surface area contributed by atoms with Gasteiger partial charge in [-0.15, -0.1) is 0 Å². The first-order valence-corrected chi connectivity index (χ1v) is 7.67. The minimum atomic E-state index is -3.79. The molecule has 1 heterocycles.